The highest BCUT2D eigenvalue weighted by Crippen LogP contribution is 2.43. The van der Waals surface area contributed by atoms with E-state index in [1.807, 2.05) is 0 Å². The molecule has 0 amide bonds. The number of hydrogen-bond acceptors (Lipinski definition) is 2. The van der Waals surface area contributed by atoms with E-state index in [0.717, 1.165) is 23.8 Å². The fourth-order valence-corrected chi connectivity index (χ4v) is 6.16. The van der Waals surface area contributed by atoms with Crippen LogP contribution in [0.5, 0.6) is 0 Å². The molecule has 0 aromatic rings. The molecule has 2 aliphatic rings. The zero-order chi connectivity index (χ0) is 21.5. The molecule has 2 nitrogen and oxygen atoms in total. The average Bonchev–Trinajstić information content (AvgIpc) is 2.66. The molecule has 29 heavy (non-hydrogen) atoms. The third-order valence-corrected chi connectivity index (χ3v) is 12.1. The second kappa shape index (κ2) is 11.2. The van der Waals surface area contributed by atoms with E-state index >= 15 is 0 Å². The Bertz CT molecular complexity index is 507. The Hall–Kier alpha value is -0.478. The van der Waals surface area contributed by atoms with Crippen LogP contribution >= 0.6 is 0 Å². The van der Waals surface area contributed by atoms with Crippen molar-refractivity contribution < 1.29 is 9.08 Å². The molecule has 1 atom stereocenters. The van der Waals surface area contributed by atoms with Crippen molar-refractivity contribution in [2.75, 3.05) is 0 Å². The Morgan fingerprint density at radius 3 is 1.90 bits per heavy atom. The molecule has 0 heterocycles. The van der Waals surface area contributed by atoms with Gasteiger partial charge in [-0.1, -0.05) is 104 Å². The van der Waals surface area contributed by atoms with Gasteiger partial charge >= 0.3 is 6.92 Å². The topological polar surface area (TPSA) is 18.5 Å². The Balaban J connectivity index is 2.03. The van der Waals surface area contributed by atoms with Crippen molar-refractivity contribution >= 4 is 15.2 Å². The molecule has 0 bridgehead atoms. The van der Waals surface area contributed by atoms with E-state index in [9.17, 15) is 0 Å². The molecular formula is C25H47BO2Si. The van der Waals surface area contributed by atoms with Crippen LogP contribution in [0.2, 0.25) is 29.8 Å². The van der Waals surface area contributed by atoms with Crippen LogP contribution in [0.15, 0.2) is 24.5 Å². The molecular weight excluding hydrogens is 371 g/mol. The lowest BCUT2D eigenvalue weighted by Crippen LogP contribution is -2.43. The molecule has 0 spiro atoms. The van der Waals surface area contributed by atoms with Crippen molar-refractivity contribution in [1.29, 1.82) is 0 Å². The normalized spacial score (nSPS) is 21.3. The third kappa shape index (κ3) is 7.61. The summed E-state index contributed by atoms with van der Waals surface area (Å²) in [5.41, 5.74) is 0. The summed E-state index contributed by atoms with van der Waals surface area (Å²) in [6.45, 7) is 18.4. The summed E-state index contributed by atoms with van der Waals surface area (Å²) in [5, 5.41) is 0.210. The maximum Gasteiger partial charge on any atom is 0.363 e. The molecule has 0 radical (unpaired) electrons. The Morgan fingerprint density at radius 1 is 1.00 bits per heavy atom. The van der Waals surface area contributed by atoms with Crippen LogP contribution in [-0.2, 0) is 9.08 Å². The fourth-order valence-electron chi connectivity index (χ4n) is 4.89. The monoisotopic (exact) mass is 418 g/mol. The van der Waals surface area contributed by atoms with Gasteiger partial charge in [0.25, 0.3) is 0 Å². The van der Waals surface area contributed by atoms with Gasteiger partial charge < -0.3 is 9.08 Å². The molecule has 0 N–H and O–H groups in total. The van der Waals surface area contributed by atoms with Crippen molar-refractivity contribution in [3.63, 3.8) is 0 Å². The lowest BCUT2D eigenvalue weighted by Gasteiger charge is -2.39. The van der Waals surface area contributed by atoms with Crippen LogP contribution in [0.3, 0.4) is 0 Å². The van der Waals surface area contributed by atoms with E-state index in [-0.39, 0.29) is 11.1 Å². The van der Waals surface area contributed by atoms with Crippen LogP contribution in [0, 0.1) is 0 Å². The summed E-state index contributed by atoms with van der Waals surface area (Å²) < 4.78 is 13.4. The number of hydrogen-bond donors (Lipinski definition) is 0. The first-order chi connectivity index (χ1) is 13.6. The minimum Gasteiger partial charge on any atom is -0.563 e. The summed E-state index contributed by atoms with van der Waals surface area (Å²) in [6, 6.07) is 0. The van der Waals surface area contributed by atoms with Crippen LogP contribution < -0.4 is 0 Å². The summed E-state index contributed by atoms with van der Waals surface area (Å²) in [7, 11) is -1.82. The number of allylic oxidation sites excluding steroid dienone is 1. The molecule has 0 saturated heterocycles. The zero-order valence-corrected chi connectivity index (χ0v) is 21.3. The quantitative estimate of drug-likeness (QED) is 0.212. The molecule has 2 fully saturated rings. The molecule has 2 aliphatic carbocycles. The van der Waals surface area contributed by atoms with Crippen molar-refractivity contribution in [2.24, 2.45) is 0 Å². The van der Waals surface area contributed by atoms with E-state index in [1.165, 1.54) is 64.2 Å². The predicted octanol–water partition coefficient (Wildman–Crippen LogP) is 8.53. The van der Waals surface area contributed by atoms with Crippen molar-refractivity contribution in [1.82, 2.24) is 0 Å². The second-order valence-corrected chi connectivity index (χ2v) is 15.8. The van der Waals surface area contributed by atoms with E-state index in [2.05, 4.69) is 59.5 Å². The van der Waals surface area contributed by atoms with Crippen molar-refractivity contribution in [2.45, 2.75) is 134 Å². The molecule has 166 valence electrons. The first-order valence-corrected chi connectivity index (χ1v) is 15.2. The summed E-state index contributed by atoms with van der Waals surface area (Å²) in [5.74, 6) is 2.39. The minimum absolute atomic E-state index is 0.0757. The largest absolute Gasteiger partial charge is 0.563 e. The van der Waals surface area contributed by atoms with Crippen LogP contribution in [-0.4, -0.2) is 21.3 Å². The van der Waals surface area contributed by atoms with E-state index < -0.39 is 8.32 Å². The minimum atomic E-state index is -1.82. The van der Waals surface area contributed by atoms with Gasteiger partial charge in [-0.05, 0) is 36.7 Å². The molecule has 4 heteroatoms. The SMILES string of the molecule is C=C(C[C@@H](/C=C/C)O[Si](C)(C)C(C)(C)C)OB(C1CCCCC1)C1CCCCC1. The van der Waals surface area contributed by atoms with Crippen molar-refractivity contribution in [3.8, 4) is 0 Å². The summed E-state index contributed by atoms with van der Waals surface area (Å²) in [6.07, 6.45) is 18.8. The number of rotatable bonds is 9. The predicted molar refractivity (Wildman–Crippen MR) is 131 cm³/mol. The van der Waals surface area contributed by atoms with Gasteiger partial charge in [-0.3, -0.25) is 0 Å². The van der Waals surface area contributed by atoms with Crippen LogP contribution in [0.1, 0.15) is 98.3 Å². The fraction of sp³-hybridized carbons (Fsp3) is 0.840. The first-order valence-electron chi connectivity index (χ1n) is 12.3. The Kier molecular flexibility index (Phi) is 9.60. The smallest absolute Gasteiger partial charge is 0.363 e. The highest BCUT2D eigenvalue weighted by Gasteiger charge is 2.40. The van der Waals surface area contributed by atoms with E-state index in [0.29, 0.717) is 6.92 Å². The molecule has 2 rings (SSSR count). The first kappa shape index (κ1) is 24.8. The summed E-state index contributed by atoms with van der Waals surface area (Å²) in [4.78, 5) is 0. The van der Waals surface area contributed by atoms with Gasteiger partial charge in [0.15, 0.2) is 8.32 Å². The van der Waals surface area contributed by atoms with Gasteiger partial charge in [-0.25, -0.2) is 0 Å². The van der Waals surface area contributed by atoms with Crippen LogP contribution in [0.25, 0.3) is 0 Å². The highest BCUT2D eigenvalue weighted by molar-refractivity contribution is 6.74. The standard InChI is InChI=1S/C25H47BO2Si/c1-8-15-24(28-29(6,7)25(3,4)5)20-21(2)27-26(22-16-11-9-12-17-22)23-18-13-10-14-19-23/h8,15,22-24H,2,9-14,16-20H2,1,3-7H3/b15-8+/t24-/m1/s1. The van der Waals surface area contributed by atoms with E-state index in [4.69, 9.17) is 9.08 Å². The lowest BCUT2D eigenvalue weighted by atomic mass is 9.41. The van der Waals surface area contributed by atoms with Gasteiger partial charge in [-0.15, -0.1) is 0 Å². The third-order valence-electron chi connectivity index (χ3n) is 7.62. The van der Waals surface area contributed by atoms with Gasteiger partial charge in [0.1, 0.15) is 0 Å². The maximum absolute atomic E-state index is 6.71. The second-order valence-electron chi connectivity index (χ2n) is 11.1. The molecule has 0 aromatic heterocycles. The Morgan fingerprint density at radius 2 is 1.48 bits per heavy atom. The van der Waals surface area contributed by atoms with Gasteiger partial charge in [-0.2, -0.15) is 0 Å². The average molecular weight is 419 g/mol. The lowest BCUT2D eigenvalue weighted by molar-refractivity contribution is 0.206. The maximum atomic E-state index is 6.71. The van der Waals surface area contributed by atoms with Crippen LogP contribution in [0.4, 0.5) is 0 Å². The van der Waals surface area contributed by atoms with Crippen molar-refractivity contribution in [3.05, 3.63) is 24.5 Å². The Labute approximate surface area is 183 Å². The van der Waals surface area contributed by atoms with Gasteiger partial charge in [0.05, 0.1) is 11.9 Å². The van der Waals surface area contributed by atoms with Gasteiger partial charge in [0.2, 0.25) is 0 Å². The summed E-state index contributed by atoms with van der Waals surface area (Å²) >= 11 is 0. The van der Waals surface area contributed by atoms with E-state index in [1.54, 1.807) is 0 Å². The molecule has 0 aliphatic heterocycles. The zero-order valence-electron chi connectivity index (χ0n) is 20.3. The van der Waals surface area contributed by atoms with Gasteiger partial charge in [0, 0.05) is 6.42 Å². The molecule has 2 saturated carbocycles. The molecule has 0 aromatic carbocycles. The molecule has 0 unspecified atom stereocenters. The highest BCUT2D eigenvalue weighted by atomic mass is 28.4.